The number of nitrogens with zero attached hydrogens (tertiary/aromatic N) is 2. The van der Waals surface area contributed by atoms with Gasteiger partial charge in [0.05, 0.1) is 5.54 Å². The summed E-state index contributed by atoms with van der Waals surface area (Å²) in [4.78, 5) is 5.46. The lowest BCUT2D eigenvalue weighted by atomic mass is 9.33. The van der Waals surface area contributed by atoms with Crippen molar-refractivity contribution in [3.05, 3.63) is 119 Å². The van der Waals surface area contributed by atoms with Crippen LogP contribution in [0.3, 0.4) is 0 Å². The van der Waals surface area contributed by atoms with Crippen LogP contribution in [0.1, 0.15) is 75.6 Å². The Morgan fingerprint density at radius 3 is 2.20 bits per heavy atom. The quantitative estimate of drug-likeness (QED) is 0.179. The molecule has 0 N–H and O–H groups in total. The zero-order valence-corrected chi connectivity index (χ0v) is 27.0. The summed E-state index contributed by atoms with van der Waals surface area (Å²) in [5, 5.41) is 0. The first-order valence-corrected chi connectivity index (χ1v) is 17.0. The number of aryl methyl sites for hydroxylation is 1. The highest BCUT2D eigenvalue weighted by atomic mass is 15.3. The summed E-state index contributed by atoms with van der Waals surface area (Å²) in [7, 11) is 0. The van der Waals surface area contributed by atoms with Gasteiger partial charge in [-0.15, -0.1) is 0 Å². The van der Waals surface area contributed by atoms with Crippen LogP contribution >= 0.6 is 0 Å². The highest BCUT2D eigenvalue weighted by molar-refractivity contribution is 7.00. The van der Waals surface area contributed by atoms with Crippen molar-refractivity contribution < 1.29 is 0 Å². The molecule has 0 spiro atoms. The number of rotatable bonds is 1. The highest BCUT2D eigenvalue weighted by Crippen LogP contribution is 2.62. The second kappa shape index (κ2) is 8.32. The predicted octanol–water partition coefficient (Wildman–Crippen LogP) is 8.66. The lowest BCUT2D eigenvalue weighted by molar-refractivity contribution is 0.195. The zero-order valence-electron chi connectivity index (χ0n) is 27.0. The minimum Gasteiger partial charge on any atom is -0.335 e. The maximum Gasteiger partial charge on any atom is 0.252 e. The van der Waals surface area contributed by atoms with Crippen molar-refractivity contribution in [3.63, 3.8) is 0 Å². The fraction of sp³-hybridized carbons (Fsp3) is 0.286. The van der Waals surface area contributed by atoms with Gasteiger partial charge in [0.1, 0.15) is 0 Å². The molecule has 0 bridgehead atoms. The third kappa shape index (κ3) is 2.90. The van der Waals surface area contributed by atoms with Gasteiger partial charge >= 0.3 is 0 Å². The molecule has 0 aromatic heterocycles. The fourth-order valence-electron chi connectivity index (χ4n) is 10.5. The number of para-hydroxylation sites is 2. The molecular formula is C42H39BN2. The van der Waals surface area contributed by atoms with Crippen molar-refractivity contribution in [3.8, 4) is 11.1 Å². The fourth-order valence-corrected chi connectivity index (χ4v) is 10.5. The van der Waals surface area contributed by atoms with Crippen LogP contribution in [0.25, 0.3) is 11.1 Å². The topological polar surface area (TPSA) is 6.48 Å². The first kappa shape index (κ1) is 26.0. The van der Waals surface area contributed by atoms with Gasteiger partial charge in [0.2, 0.25) is 0 Å². The van der Waals surface area contributed by atoms with Crippen molar-refractivity contribution in [1.82, 2.24) is 0 Å². The van der Waals surface area contributed by atoms with Crippen molar-refractivity contribution in [2.24, 2.45) is 0 Å². The summed E-state index contributed by atoms with van der Waals surface area (Å²) in [6.45, 7) is 12.4. The van der Waals surface area contributed by atoms with Gasteiger partial charge in [-0.25, -0.2) is 0 Å². The molecule has 2 aliphatic carbocycles. The Labute approximate surface area is 267 Å². The predicted molar refractivity (Wildman–Crippen MR) is 191 cm³/mol. The first-order valence-electron chi connectivity index (χ1n) is 17.0. The van der Waals surface area contributed by atoms with Gasteiger partial charge in [0.15, 0.2) is 0 Å². The van der Waals surface area contributed by atoms with Crippen molar-refractivity contribution in [1.29, 1.82) is 0 Å². The largest absolute Gasteiger partial charge is 0.335 e. The van der Waals surface area contributed by atoms with Crippen molar-refractivity contribution in [2.45, 2.75) is 76.7 Å². The smallest absolute Gasteiger partial charge is 0.252 e. The Bertz CT molecular complexity index is 2110. The molecule has 5 aromatic carbocycles. The SMILES string of the molecule is Cc1cc2c3c(c1)N1c4c(cccc4C4(C)CCCCC14C)B3c1ccc3c(c1N2c1ccccc1)-c1ccccc1C3(C)C. The molecule has 3 heteroatoms. The van der Waals surface area contributed by atoms with Crippen LogP contribution in [-0.2, 0) is 10.8 Å². The monoisotopic (exact) mass is 582 g/mol. The van der Waals surface area contributed by atoms with E-state index >= 15 is 0 Å². The van der Waals surface area contributed by atoms with Crippen molar-refractivity contribution >= 4 is 51.5 Å². The Morgan fingerprint density at radius 1 is 0.644 bits per heavy atom. The second-order valence-electron chi connectivity index (χ2n) is 15.3. The molecule has 1 saturated carbocycles. The standard InChI is InChI=1S/C42H39BN2/c1-26-24-34-37-35(25-26)45-38-31(41(4)22-11-12-23-42(41,45)5)18-13-19-32(38)43(37)33-21-20-30-36(28-16-9-10-17-29(28)40(30,2)3)39(33)44(34)27-14-7-6-8-15-27/h6-10,13-21,24-25H,11-12,22-23H2,1-5H3. The van der Waals surface area contributed by atoms with E-state index in [0.717, 1.165) is 0 Å². The molecule has 0 saturated heterocycles. The number of hydrogen-bond acceptors (Lipinski definition) is 2. The van der Waals surface area contributed by atoms with E-state index in [1.807, 2.05) is 0 Å². The van der Waals surface area contributed by atoms with Gasteiger partial charge in [-0.2, -0.15) is 0 Å². The normalized spacial score (nSPS) is 24.0. The highest BCUT2D eigenvalue weighted by Gasteiger charge is 2.61. The Morgan fingerprint density at radius 2 is 1.36 bits per heavy atom. The average molecular weight is 583 g/mol. The molecule has 0 amide bonds. The van der Waals surface area contributed by atoms with E-state index in [1.165, 1.54) is 98.3 Å². The lowest BCUT2D eigenvalue weighted by Crippen LogP contribution is -2.64. The summed E-state index contributed by atoms with van der Waals surface area (Å²) in [5.74, 6) is 0. The molecule has 5 aromatic rings. The molecule has 0 radical (unpaired) electrons. The lowest BCUT2D eigenvalue weighted by Gasteiger charge is -2.53. The van der Waals surface area contributed by atoms with Gasteiger partial charge < -0.3 is 9.80 Å². The Kier molecular flexibility index (Phi) is 4.81. The number of anilines is 5. The number of fused-ring (bicyclic) bond motifs is 11. The summed E-state index contributed by atoms with van der Waals surface area (Å²) in [5.41, 5.74) is 19.9. The van der Waals surface area contributed by atoms with E-state index in [0.29, 0.717) is 0 Å². The van der Waals surface area contributed by atoms with Crippen LogP contribution in [0.4, 0.5) is 28.4 Å². The minimum absolute atomic E-state index is 0.0506. The molecule has 2 atom stereocenters. The molecule has 2 unspecified atom stereocenters. The van der Waals surface area contributed by atoms with E-state index in [9.17, 15) is 0 Å². The molecular weight excluding hydrogens is 543 g/mol. The van der Waals surface area contributed by atoms with Gasteiger partial charge in [-0.1, -0.05) is 106 Å². The molecule has 1 fully saturated rings. The third-order valence-corrected chi connectivity index (χ3v) is 12.8. The first-order chi connectivity index (χ1) is 21.8. The molecule has 3 aliphatic heterocycles. The maximum atomic E-state index is 2.83. The zero-order chi connectivity index (χ0) is 30.5. The van der Waals surface area contributed by atoms with E-state index in [1.54, 1.807) is 5.56 Å². The van der Waals surface area contributed by atoms with Crippen LogP contribution in [0.2, 0.25) is 0 Å². The van der Waals surface area contributed by atoms with Gasteiger partial charge in [0, 0.05) is 44.8 Å². The van der Waals surface area contributed by atoms with Crippen LogP contribution in [0.15, 0.2) is 97.1 Å². The van der Waals surface area contributed by atoms with Crippen LogP contribution in [-0.4, -0.2) is 12.3 Å². The van der Waals surface area contributed by atoms with Gasteiger partial charge in [-0.05, 0) is 95.2 Å². The third-order valence-electron chi connectivity index (χ3n) is 12.8. The van der Waals surface area contributed by atoms with Crippen LogP contribution in [0.5, 0.6) is 0 Å². The molecule has 3 heterocycles. The minimum atomic E-state index is -0.0579. The van der Waals surface area contributed by atoms with Gasteiger partial charge in [0.25, 0.3) is 6.71 Å². The van der Waals surface area contributed by atoms with E-state index < -0.39 is 0 Å². The van der Waals surface area contributed by atoms with Crippen LogP contribution < -0.4 is 26.2 Å². The molecule has 45 heavy (non-hydrogen) atoms. The summed E-state index contributed by atoms with van der Waals surface area (Å²) < 4.78 is 0. The maximum absolute atomic E-state index is 2.83. The Hall–Kier alpha value is -4.24. The van der Waals surface area contributed by atoms with Crippen molar-refractivity contribution in [2.75, 3.05) is 9.80 Å². The molecule has 10 rings (SSSR count). The van der Waals surface area contributed by atoms with E-state index in [2.05, 4.69) is 141 Å². The van der Waals surface area contributed by atoms with Gasteiger partial charge in [-0.3, -0.25) is 0 Å². The Balaban J connectivity index is 1.37. The molecule has 5 aliphatic rings. The molecule has 220 valence electrons. The second-order valence-corrected chi connectivity index (χ2v) is 15.3. The number of benzene rings is 5. The number of hydrogen-bond donors (Lipinski definition) is 0. The van der Waals surface area contributed by atoms with E-state index in [4.69, 9.17) is 0 Å². The summed E-state index contributed by atoms with van der Waals surface area (Å²) in [6.07, 6.45) is 5.08. The average Bonchev–Trinajstić information content (AvgIpc) is 3.41. The summed E-state index contributed by atoms with van der Waals surface area (Å²) >= 11 is 0. The molecule has 2 nitrogen and oxygen atoms in total. The summed E-state index contributed by atoms with van der Waals surface area (Å²) in [6, 6.07) is 37.5. The van der Waals surface area contributed by atoms with E-state index in [-0.39, 0.29) is 23.1 Å². The van der Waals surface area contributed by atoms with Crippen LogP contribution in [0, 0.1) is 6.92 Å².